The maximum Gasteiger partial charge on any atom is 0.220 e. The number of aromatic nitrogens is 2. The van der Waals surface area contributed by atoms with Crippen molar-refractivity contribution in [2.45, 2.75) is 32.4 Å². The van der Waals surface area contributed by atoms with Crippen molar-refractivity contribution in [2.24, 2.45) is 10.9 Å². The smallest absolute Gasteiger partial charge is 0.220 e. The van der Waals surface area contributed by atoms with Gasteiger partial charge in [0.2, 0.25) is 5.91 Å². The van der Waals surface area contributed by atoms with Crippen molar-refractivity contribution in [3.05, 3.63) is 54.1 Å². The minimum Gasteiger partial charge on any atom is -0.359 e. The molecule has 1 aliphatic heterocycles. The van der Waals surface area contributed by atoms with Crippen molar-refractivity contribution in [3.8, 4) is 0 Å². The third-order valence-electron chi connectivity index (χ3n) is 5.28. The van der Waals surface area contributed by atoms with Crippen molar-refractivity contribution in [3.63, 3.8) is 0 Å². The number of halogens is 1. The molecule has 0 aliphatic carbocycles. The number of piperidine rings is 1. The van der Waals surface area contributed by atoms with Gasteiger partial charge < -0.3 is 20.1 Å². The molecular weight excluding hydrogens is 479 g/mol. The molecular formula is C21H31IN6O. The van der Waals surface area contributed by atoms with E-state index in [0.29, 0.717) is 12.3 Å². The molecule has 0 radical (unpaired) electrons. The van der Waals surface area contributed by atoms with Gasteiger partial charge in [0.05, 0.1) is 6.33 Å². The number of carbonyl (C=O) groups is 1. The number of hydrogen-bond acceptors (Lipinski definition) is 3. The number of nitrogens with one attached hydrogen (secondary N) is 2. The number of imidazole rings is 1. The minimum atomic E-state index is 0. The standard InChI is InChI=1S/C21H30N6O.HI/c1-22-20(28)13-17-7-10-27(11-8-17)21(23-2)25-14-18-3-5-19(6-4-18)15-26-12-9-24-16-26;/h3-6,9,12,16-17H,7-8,10-11,13-15H2,1-2H3,(H,22,28)(H,23,25);1H. The molecule has 0 bridgehead atoms. The molecule has 2 N–H and O–H groups in total. The molecule has 29 heavy (non-hydrogen) atoms. The third kappa shape index (κ3) is 7.02. The SMILES string of the molecule is CN=C(NCc1ccc(Cn2ccnc2)cc1)N1CCC(CC(=O)NC)CC1.I. The lowest BCUT2D eigenvalue weighted by molar-refractivity contribution is -0.121. The number of guanidine groups is 1. The zero-order chi connectivity index (χ0) is 19.8. The van der Waals surface area contributed by atoms with Gasteiger partial charge in [-0.1, -0.05) is 24.3 Å². The summed E-state index contributed by atoms with van der Waals surface area (Å²) in [6.45, 7) is 3.45. The normalized spacial score (nSPS) is 15.0. The number of carbonyl (C=O) groups excluding carboxylic acids is 1. The Morgan fingerprint density at radius 1 is 1.21 bits per heavy atom. The van der Waals surface area contributed by atoms with Gasteiger partial charge in [0, 0.05) is 59.1 Å². The van der Waals surface area contributed by atoms with Crippen LogP contribution < -0.4 is 10.6 Å². The molecule has 0 unspecified atom stereocenters. The maximum atomic E-state index is 11.6. The van der Waals surface area contributed by atoms with Crippen LogP contribution in [0.5, 0.6) is 0 Å². The van der Waals surface area contributed by atoms with Gasteiger partial charge in [-0.05, 0) is 29.9 Å². The Labute approximate surface area is 190 Å². The monoisotopic (exact) mass is 510 g/mol. The van der Waals surface area contributed by atoms with Crippen LogP contribution in [0.4, 0.5) is 0 Å². The lowest BCUT2D eigenvalue weighted by Crippen LogP contribution is -2.45. The van der Waals surface area contributed by atoms with E-state index in [-0.39, 0.29) is 29.9 Å². The second-order valence-corrected chi connectivity index (χ2v) is 7.26. The highest BCUT2D eigenvalue weighted by Gasteiger charge is 2.22. The molecule has 1 aliphatic rings. The Morgan fingerprint density at radius 3 is 2.48 bits per heavy atom. The summed E-state index contributed by atoms with van der Waals surface area (Å²) in [5.74, 6) is 1.54. The summed E-state index contributed by atoms with van der Waals surface area (Å²) in [6, 6.07) is 8.62. The lowest BCUT2D eigenvalue weighted by Gasteiger charge is -2.34. The summed E-state index contributed by atoms with van der Waals surface area (Å²) in [5, 5.41) is 6.19. The van der Waals surface area contributed by atoms with Crippen LogP contribution in [0.2, 0.25) is 0 Å². The lowest BCUT2D eigenvalue weighted by atomic mass is 9.93. The molecule has 0 spiro atoms. The first-order chi connectivity index (χ1) is 13.7. The Morgan fingerprint density at radius 2 is 1.90 bits per heavy atom. The quantitative estimate of drug-likeness (QED) is 0.356. The van der Waals surface area contributed by atoms with Gasteiger partial charge in [-0.3, -0.25) is 9.79 Å². The second kappa shape index (κ2) is 11.8. The molecule has 7 nitrogen and oxygen atoms in total. The fraction of sp³-hybridized carbons (Fsp3) is 0.476. The number of rotatable bonds is 6. The average molecular weight is 510 g/mol. The van der Waals surface area contributed by atoms with Gasteiger partial charge in [0.15, 0.2) is 5.96 Å². The van der Waals surface area contributed by atoms with Gasteiger partial charge in [-0.2, -0.15) is 0 Å². The zero-order valence-corrected chi connectivity index (χ0v) is 19.5. The van der Waals surface area contributed by atoms with Crippen molar-refractivity contribution < 1.29 is 4.79 Å². The number of benzene rings is 1. The van der Waals surface area contributed by atoms with E-state index < -0.39 is 0 Å². The van der Waals surface area contributed by atoms with Crippen molar-refractivity contribution >= 4 is 35.8 Å². The summed E-state index contributed by atoms with van der Waals surface area (Å²) in [6.07, 6.45) is 8.27. The molecule has 0 atom stereocenters. The summed E-state index contributed by atoms with van der Waals surface area (Å²) in [5.41, 5.74) is 2.48. The molecule has 2 aromatic rings. The van der Waals surface area contributed by atoms with E-state index in [1.165, 1.54) is 11.1 Å². The highest BCUT2D eigenvalue weighted by Crippen LogP contribution is 2.20. The first-order valence-corrected chi connectivity index (χ1v) is 9.87. The highest BCUT2D eigenvalue weighted by atomic mass is 127. The maximum absolute atomic E-state index is 11.6. The summed E-state index contributed by atoms with van der Waals surface area (Å²) < 4.78 is 2.06. The summed E-state index contributed by atoms with van der Waals surface area (Å²) in [7, 11) is 3.53. The number of amides is 1. The highest BCUT2D eigenvalue weighted by molar-refractivity contribution is 14.0. The van der Waals surface area contributed by atoms with E-state index in [4.69, 9.17) is 0 Å². The zero-order valence-electron chi connectivity index (χ0n) is 17.2. The summed E-state index contributed by atoms with van der Waals surface area (Å²) in [4.78, 5) is 22.4. The molecule has 1 fully saturated rings. The van der Waals surface area contributed by atoms with E-state index in [1.807, 2.05) is 19.6 Å². The molecule has 2 heterocycles. The van der Waals surface area contributed by atoms with Crippen molar-refractivity contribution in [1.82, 2.24) is 25.1 Å². The van der Waals surface area contributed by atoms with Crippen LogP contribution in [0.3, 0.4) is 0 Å². The molecule has 0 saturated carbocycles. The Balaban J connectivity index is 0.00000300. The van der Waals surface area contributed by atoms with E-state index in [2.05, 4.69) is 54.3 Å². The van der Waals surface area contributed by atoms with Gasteiger partial charge in [-0.15, -0.1) is 24.0 Å². The Hall–Kier alpha value is -2.10. The molecule has 1 saturated heterocycles. The number of nitrogens with zero attached hydrogens (tertiary/aromatic N) is 4. The van der Waals surface area contributed by atoms with E-state index in [0.717, 1.165) is 45.0 Å². The number of aliphatic imine (C=N–C) groups is 1. The number of hydrogen-bond donors (Lipinski definition) is 2. The Bertz CT molecular complexity index is 767. The third-order valence-corrected chi connectivity index (χ3v) is 5.28. The van der Waals surface area contributed by atoms with Gasteiger partial charge in [0.25, 0.3) is 0 Å². The number of likely N-dealkylation sites (tertiary alicyclic amines) is 1. The second-order valence-electron chi connectivity index (χ2n) is 7.26. The molecule has 1 aromatic heterocycles. The predicted octanol–water partition coefficient (Wildman–Crippen LogP) is 2.47. The van der Waals surface area contributed by atoms with Gasteiger partial charge in [-0.25, -0.2) is 4.98 Å². The topological polar surface area (TPSA) is 74.5 Å². The van der Waals surface area contributed by atoms with Crippen LogP contribution in [0, 0.1) is 5.92 Å². The summed E-state index contributed by atoms with van der Waals surface area (Å²) >= 11 is 0. The molecule has 1 aromatic carbocycles. The van der Waals surface area contributed by atoms with Crippen LogP contribution in [0.25, 0.3) is 0 Å². The van der Waals surface area contributed by atoms with Crippen LogP contribution in [-0.4, -0.2) is 53.5 Å². The van der Waals surface area contributed by atoms with Crippen LogP contribution in [0.1, 0.15) is 30.4 Å². The molecule has 1 amide bonds. The Kier molecular flexibility index (Phi) is 9.43. The van der Waals surface area contributed by atoms with Crippen LogP contribution in [-0.2, 0) is 17.9 Å². The van der Waals surface area contributed by atoms with Gasteiger partial charge in [0.1, 0.15) is 0 Å². The first-order valence-electron chi connectivity index (χ1n) is 9.87. The fourth-order valence-corrected chi connectivity index (χ4v) is 3.58. The largest absolute Gasteiger partial charge is 0.359 e. The van der Waals surface area contributed by atoms with Gasteiger partial charge >= 0.3 is 0 Å². The average Bonchev–Trinajstić information content (AvgIpc) is 3.23. The minimum absolute atomic E-state index is 0. The van der Waals surface area contributed by atoms with Crippen LogP contribution >= 0.6 is 24.0 Å². The van der Waals surface area contributed by atoms with Crippen molar-refractivity contribution in [2.75, 3.05) is 27.2 Å². The van der Waals surface area contributed by atoms with E-state index in [9.17, 15) is 4.79 Å². The first kappa shape index (κ1) is 23.2. The van der Waals surface area contributed by atoms with E-state index >= 15 is 0 Å². The van der Waals surface area contributed by atoms with Crippen LogP contribution in [0.15, 0.2) is 48.0 Å². The van der Waals surface area contributed by atoms with Crippen molar-refractivity contribution in [1.29, 1.82) is 0 Å². The molecule has 8 heteroatoms. The van der Waals surface area contributed by atoms with E-state index in [1.54, 1.807) is 13.2 Å². The molecule has 3 rings (SSSR count). The molecule has 158 valence electrons. The fourth-order valence-electron chi connectivity index (χ4n) is 3.58. The predicted molar refractivity (Wildman–Crippen MR) is 126 cm³/mol.